The molecular formula is C14H23N3O. The third kappa shape index (κ3) is 4.13. The molecule has 18 heavy (non-hydrogen) atoms. The predicted molar refractivity (Wildman–Crippen MR) is 74.3 cm³/mol. The molecule has 0 saturated heterocycles. The van der Waals surface area contributed by atoms with Gasteiger partial charge < -0.3 is 11.1 Å². The smallest absolute Gasteiger partial charge is 0.221 e. The van der Waals surface area contributed by atoms with Crippen molar-refractivity contribution < 1.29 is 4.79 Å². The van der Waals surface area contributed by atoms with Crippen LogP contribution in [-0.4, -0.2) is 38.0 Å². The summed E-state index contributed by atoms with van der Waals surface area (Å²) in [4.78, 5) is 13.4. The van der Waals surface area contributed by atoms with Gasteiger partial charge in [0.2, 0.25) is 5.91 Å². The van der Waals surface area contributed by atoms with Crippen LogP contribution >= 0.6 is 0 Å². The predicted octanol–water partition coefficient (Wildman–Crippen LogP) is 1.06. The number of benzene rings is 1. The largest absolute Gasteiger partial charge is 0.359 e. The summed E-state index contributed by atoms with van der Waals surface area (Å²) < 4.78 is 0. The first-order chi connectivity index (χ1) is 8.58. The summed E-state index contributed by atoms with van der Waals surface area (Å²) in [6.07, 6.45) is 0.495. The fraction of sp³-hybridized carbons (Fsp3) is 0.500. The van der Waals surface area contributed by atoms with Crippen LogP contribution in [0.15, 0.2) is 24.3 Å². The van der Waals surface area contributed by atoms with E-state index < -0.39 is 0 Å². The van der Waals surface area contributed by atoms with Crippen LogP contribution in [-0.2, 0) is 4.79 Å². The van der Waals surface area contributed by atoms with Crippen LogP contribution in [0.1, 0.15) is 23.6 Å². The highest BCUT2D eigenvalue weighted by Gasteiger charge is 2.15. The normalized spacial score (nSPS) is 12.5. The Balaban J connectivity index is 2.68. The molecule has 0 fully saturated rings. The fourth-order valence-electron chi connectivity index (χ4n) is 2.01. The summed E-state index contributed by atoms with van der Waals surface area (Å²) in [7, 11) is 3.66. The van der Waals surface area contributed by atoms with E-state index in [0.29, 0.717) is 19.5 Å². The van der Waals surface area contributed by atoms with Crippen LogP contribution in [0.2, 0.25) is 0 Å². The van der Waals surface area contributed by atoms with E-state index in [0.717, 1.165) is 0 Å². The van der Waals surface area contributed by atoms with E-state index in [1.54, 1.807) is 7.05 Å². The first-order valence-corrected chi connectivity index (χ1v) is 6.26. The van der Waals surface area contributed by atoms with Crippen LogP contribution in [0.3, 0.4) is 0 Å². The maximum atomic E-state index is 11.2. The lowest BCUT2D eigenvalue weighted by atomic mass is 10.0. The SMILES string of the molecule is CNC(=O)CCN(C)C(CN)c1cccc(C)c1. The van der Waals surface area contributed by atoms with E-state index in [-0.39, 0.29) is 11.9 Å². The molecule has 0 aliphatic rings. The molecule has 1 aromatic rings. The number of hydrogen-bond acceptors (Lipinski definition) is 3. The highest BCUT2D eigenvalue weighted by molar-refractivity contribution is 5.75. The second-order valence-corrected chi connectivity index (χ2v) is 4.57. The maximum absolute atomic E-state index is 11.2. The van der Waals surface area contributed by atoms with Crippen LogP contribution in [0.4, 0.5) is 0 Å². The minimum Gasteiger partial charge on any atom is -0.359 e. The molecular weight excluding hydrogens is 226 g/mol. The topological polar surface area (TPSA) is 58.4 Å². The van der Waals surface area contributed by atoms with Gasteiger partial charge in [-0.25, -0.2) is 0 Å². The van der Waals surface area contributed by atoms with Gasteiger partial charge in [-0.3, -0.25) is 9.69 Å². The zero-order valence-electron chi connectivity index (χ0n) is 11.4. The highest BCUT2D eigenvalue weighted by atomic mass is 16.1. The lowest BCUT2D eigenvalue weighted by Gasteiger charge is -2.27. The summed E-state index contributed by atoms with van der Waals surface area (Å²) in [6, 6.07) is 8.51. The monoisotopic (exact) mass is 249 g/mol. The Kier molecular flexibility index (Phi) is 5.82. The summed E-state index contributed by atoms with van der Waals surface area (Å²) in [5.74, 6) is 0.0573. The molecule has 1 amide bonds. The zero-order valence-corrected chi connectivity index (χ0v) is 11.4. The molecule has 0 aliphatic heterocycles. The van der Waals surface area contributed by atoms with Gasteiger partial charge in [-0.1, -0.05) is 29.8 Å². The molecule has 0 bridgehead atoms. The van der Waals surface area contributed by atoms with Gasteiger partial charge in [-0.2, -0.15) is 0 Å². The third-order valence-corrected chi connectivity index (χ3v) is 3.15. The number of amides is 1. The lowest BCUT2D eigenvalue weighted by molar-refractivity contribution is -0.120. The van der Waals surface area contributed by atoms with Gasteiger partial charge in [0.15, 0.2) is 0 Å². The summed E-state index contributed by atoms with van der Waals surface area (Å²) in [5.41, 5.74) is 8.29. The number of aryl methyl sites for hydroxylation is 1. The van der Waals surface area contributed by atoms with Crippen molar-refractivity contribution in [2.75, 3.05) is 27.2 Å². The Morgan fingerprint density at radius 3 is 2.78 bits per heavy atom. The number of likely N-dealkylation sites (N-methyl/N-ethyl adjacent to an activating group) is 1. The molecule has 0 spiro atoms. The minimum atomic E-state index is 0.0573. The van der Waals surface area contributed by atoms with E-state index in [1.165, 1.54) is 11.1 Å². The Morgan fingerprint density at radius 2 is 2.22 bits per heavy atom. The van der Waals surface area contributed by atoms with E-state index in [2.05, 4.69) is 35.3 Å². The molecule has 1 rings (SSSR count). The van der Waals surface area contributed by atoms with Crippen molar-refractivity contribution in [3.8, 4) is 0 Å². The molecule has 0 radical (unpaired) electrons. The minimum absolute atomic E-state index is 0.0573. The van der Waals surface area contributed by atoms with Crippen molar-refractivity contribution >= 4 is 5.91 Å². The Labute approximate surface area is 109 Å². The van der Waals surface area contributed by atoms with E-state index in [4.69, 9.17) is 5.73 Å². The summed E-state index contributed by atoms with van der Waals surface area (Å²) >= 11 is 0. The number of nitrogens with one attached hydrogen (secondary N) is 1. The molecule has 0 heterocycles. The van der Waals surface area contributed by atoms with E-state index in [9.17, 15) is 4.79 Å². The second kappa shape index (κ2) is 7.13. The number of nitrogens with two attached hydrogens (primary N) is 1. The quantitative estimate of drug-likeness (QED) is 0.792. The number of carbonyl (C=O) groups excluding carboxylic acids is 1. The summed E-state index contributed by atoms with van der Waals surface area (Å²) in [6.45, 7) is 3.32. The van der Waals surface area contributed by atoms with Crippen LogP contribution in [0, 0.1) is 6.92 Å². The molecule has 1 unspecified atom stereocenters. The number of rotatable bonds is 6. The molecule has 1 atom stereocenters. The molecule has 0 aromatic heterocycles. The van der Waals surface area contributed by atoms with Crippen molar-refractivity contribution in [3.63, 3.8) is 0 Å². The van der Waals surface area contributed by atoms with Gasteiger partial charge in [0.05, 0.1) is 0 Å². The van der Waals surface area contributed by atoms with E-state index >= 15 is 0 Å². The third-order valence-electron chi connectivity index (χ3n) is 3.15. The fourth-order valence-corrected chi connectivity index (χ4v) is 2.01. The van der Waals surface area contributed by atoms with Crippen LogP contribution < -0.4 is 11.1 Å². The van der Waals surface area contributed by atoms with Gasteiger partial charge in [-0.05, 0) is 19.5 Å². The Morgan fingerprint density at radius 1 is 1.50 bits per heavy atom. The Hall–Kier alpha value is -1.39. The lowest BCUT2D eigenvalue weighted by Crippen LogP contribution is -2.33. The molecule has 4 nitrogen and oxygen atoms in total. The molecule has 3 N–H and O–H groups in total. The van der Waals surface area contributed by atoms with Crippen LogP contribution in [0.25, 0.3) is 0 Å². The average molecular weight is 249 g/mol. The number of carbonyl (C=O) groups is 1. The Bertz CT molecular complexity index is 392. The van der Waals surface area contributed by atoms with Gasteiger partial charge >= 0.3 is 0 Å². The van der Waals surface area contributed by atoms with Crippen molar-refractivity contribution in [3.05, 3.63) is 35.4 Å². The van der Waals surface area contributed by atoms with Gasteiger partial charge in [-0.15, -0.1) is 0 Å². The highest BCUT2D eigenvalue weighted by Crippen LogP contribution is 2.19. The van der Waals surface area contributed by atoms with E-state index in [1.807, 2.05) is 13.1 Å². The van der Waals surface area contributed by atoms with Crippen molar-refractivity contribution in [2.24, 2.45) is 5.73 Å². The molecule has 0 aliphatic carbocycles. The molecule has 1 aromatic carbocycles. The van der Waals surface area contributed by atoms with Crippen molar-refractivity contribution in [1.82, 2.24) is 10.2 Å². The van der Waals surface area contributed by atoms with Gasteiger partial charge in [0, 0.05) is 32.6 Å². The van der Waals surface area contributed by atoms with Crippen LogP contribution in [0.5, 0.6) is 0 Å². The summed E-state index contributed by atoms with van der Waals surface area (Å²) in [5, 5.41) is 2.63. The molecule has 4 heteroatoms. The second-order valence-electron chi connectivity index (χ2n) is 4.57. The molecule has 100 valence electrons. The number of nitrogens with zero attached hydrogens (tertiary/aromatic N) is 1. The van der Waals surface area contributed by atoms with Gasteiger partial charge in [0.1, 0.15) is 0 Å². The first-order valence-electron chi connectivity index (χ1n) is 6.26. The first kappa shape index (κ1) is 14.7. The molecule has 0 saturated carbocycles. The van der Waals surface area contributed by atoms with Crippen molar-refractivity contribution in [1.29, 1.82) is 0 Å². The van der Waals surface area contributed by atoms with Gasteiger partial charge in [0.25, 0.3) is 0 Å². The number of hydrogen-bond donors (Lipinski definition) is 2. The van der Waals surface area contributed by atoms with Crippen molar-refractivity contribution in [2.45, 2.75) is 19.4 Å². The zero-order chi connectivity index (χ0) is 13.5. The maximum Gasteiger partial charge on any atom is 0.221 e. The average Bonchev–Trinajstić information content (AvgIpc) is 2.37. The standard InChI is InChI=1S/C14H23N3O/c1-11-5-4-6-12(9-11)13(10-15)17(3)8-7-14(18)16-2/h4-6,9,13H,7-8,10,15H2,1-3H3,(H,16,18).